The van der Waals surface area contributed by atoms with Crippen molar-refractivity contribution in [1.29, 1.82) is 0 Å². The van der Waals surface area contributed by atoms with Crippen LogP contribution in [0.5, 0.6) is 0 Å². The van der Waals surface area contributed by atoms with Crippen LogP contribution in [-0.4, -0.2) is 35.6 Å². The zero-order valence-corrected chi connectivity index (χ0v) is 12.1. The summed E-state index contributed by atoms with van der Waals surface area (Å²) in [4.78, 5) is 2.84. The van der Waals surface area contributed by atoms with Crippen LogP contribution in [0.15, 0.2) is 0 Å². The van der Waals surface area contributed by atoms with Crippen LogP contribution in [0.4, 0.5) is 0 Å². The van der Waals surface area contributed by atoms with Crippen LogP contribution in [0.2, 0.25) is 0 Å². The Hall–Kier alpha value is -0.0800. The Labute approximate surface area is 107 Å². The van der Waals surface area contributed by atoms with Crippen molar-refractivity contribution < 1.29 is 0 Å². The van der Waals surface area contributed by atoms with E-state index < -0.39 is 0 Å². The molecule has 2 unspecified atom stereocenters. The van der Waals surface area contributed by atoms with Gasteiger partial charge >= 0.3 is 0 Å². The van der Waals surface area contributed by atoms with Crippen molar-refractivity contribution in [2.75, 3.05) is 13.1 Å². The molecule has 0 bridgehead atoms. The molecule has 100 valence electrons. The second-order valence-corrected chi connectivity index (χ2v) is 6.83. The highest BCUT2D eigenvalue weighted by atomic mass is 15.3. The standard InChI is InChI=1S/C15H30N2/c1-5-12(2)14-10-16-15(3,4)11-17(14)13-8-6-7-9-13/h12-14,16H,5-11H2,1-4H3. The third-order valence-electron chi connectivity index (χ3n) is 4.89. The lowest BCUT2D eigenvalue weighted by molar-refractivity contribution is 0.0290. The highest BCUT2D eigenvalue weighted by Gasteiger charge is 2.38. The lowest BCUT2D eigenvalue weighted by Gasteiger charge is -2.49. The summed E-state index contributed by atoms with van der Waals surface area (Å²) >= 11 is 0. The number of rotatable bonds is 3. The zero-order chi connectivity index (χ0) is 12.5. The summed E-state index contributed by atoms with van der Waals surface area (Å²) in [6.45, 7) is 11.9. The molecule has 17 heavy (non-hydrogen) atoms. The largest absolute Gasteiger partial charge is 0.309 e. The molecule has 1 aliphatic heterocycles. The van der Waals surface area contributed by atoms with Crippen molar-refractivity contribution in [1.82, 2.24) is 10.2 Å². The minimum atomic E-state index is 0.298. The van der Waals surface area contributed by atoms with Gasteiger partial charge in [-0.15, -0.1) is 0 Å². The van der Waals surface area contributed by atoms with E-state index in [1.165, 1.54) is 45.2 Å². The molecule has 0 radical (unpaired) electrons. The summed E-state index contributed by atoms with van der Waals surface area (Å²) in [6, 6.07) is 1.63. The molecule has 0 aromatic heterocycles. The van der Waals surface area contributed by atoms with E-state index in [0.717, 1.165) is 18.0 Å². The molecule has 0 aromatic carbocycles. The average Bonchev–Trinajstić information content (AvgIpc) is 2.80. The molecule has 2 heteroatoms. The summed E-state index contributed by atoms with van der Waals surface area (Å²) < 4.78 is 0. The van der Waals surface area contributed by atoms with Crippen LogP contribution in [0.25, 0.3) is 0 Å². The molecule has 1 saturated carbocycles. The van der Waals surface area contributed by atoms with Crippen LogP contribution in [0.1, 0.15) is 59.8 Å². The first-order valence-electron chi connectivity index (χ1n) is 7.54. The Balaban J connectivity index is 2.08. The fraction of sp³-hybridized carbons (Fsp3) is 1.00. The third kappa shape index (κ3) is 3.03. The van der Waals surface area contributed by atoms with Crippen molar-refractivity contribution in [3.05, 3.63) is 0 Å². The molecule has 1 saturated heterocycles. The minimum Gasteiger partial charge on any atom is -0.309 e. The van der Waals surface area contributed by atoms with Crippen molar-refractivity contribution >= 4 is 0 Å². The lowest BCUT2D eigenvalue weighted by Crippen LogP contribution is -2.65. The first-order chi connectivity index (χ1) is 8.03. The van der Waals surface area contributed by atoms with Crippen molar-refractivity contribution in [2.45, 2.75) is 77.4 Å². The van der Waals surface area contributed by atoms with Crippen LogP contribution in [-0.2, 0) is 0 Å². The van der Waals surface area contributed by atoms with Crippen LogP contribution >= 0.6 is 0 Å². The van der Waals surface area contributed by atoms with Crippen LogP contribution < -0.4 is 5.32 Å². The Morgan fingerprint density at radius 2 is 1.94 bits per heavy atom. The fourth-order valence-corrected chi connectivity index (χ4v) is 3.56. The number of nitrogens with zero attached hydrogens (tertiary/aromatic N) is 1. The predicted octanol–water partition coefficient (Wildman–Crippen LogP) is 3.03. The molecule has 2 nitrogen and oxygen atoms in total. The van der Waals surface area contributed by atoms with Gasteiger partial charge in [-0.2, -0.15) is 0 Å². The van der Waals surface area contributed by atoms with Crippen molar-refractivity contribution in [2.24, 2.45) is 5.92 Å². The molecule has 0 spiro atoms. The van der Waals surface area contributed by atoms with Gasteiger partial charge in [0.1, 0.15) is 0 Å². The Morgan fingerprint density at radius 3 is 2.53 bits per heavy atom. The molecule has 1 N–H and O–H groups in total. The maximum atomic E-state index is 3.74. The van der Waals surface area contributed by atoms with Gasteiger partial charge < -0.3 is 5.32 Å². The van der Waals surface area contributed by atoms with E-state index in [2.05, 4.69) is 37.9 Å². The first-order valence-corrected chi connectivity index (χ1v) is 7.54. The maximum Gasteiger partial charge on any atom is 0.0253 e. The van der Waals surface area contributed by atoms with E-state index in [1.807, 2.05) is 0 Å². The number of nitrogens with one attached hydrogen (secondary N) is 1. The molecular weight excluding hydrogens is 208 g/mol. The van der Waals surface area contributed by atoms with E-state index in [0.29, 0.717) is 5.54 Å². The summed E-state index contributed by atoms with van der Waals surface area (Å²) in [5.74, 6) is 0.819. The first kappa shape index (κ1) is 13.4. The smallest absolute Gasteiger partial charge is 0.0253 e. The van der Waals surface area contributed by atoms with E-state index in [1.54, 1.807) is 0 Å². The number of hydrogen-bond donors (Lipinski definition) is 1. The van der Waals surface area contributed by atoms with Crippen molar-refractivity contribution in [3.63, 3.8) is 0 Å². The SMILES string of the molecule is CCC(C)C1CNC(C)(C)CN1C1CCCC1. The highest BCUT2D eigenvalue weighted by molar-refractivity contribution is 4.97. The van der Waals surface area contributed by atoms with Crippen LogP contribution in [0, 0.1) is 5.92 Å². The van der Waals surface area contributed by atoms with Gasteiger partial charge in [-0.25, -0.2) is 0 Å². The summed E-state index contributed by atoms with van der Waals surface area (Å²) in [6.07, 6.45) is 7.06. The maximum absolute atomic E-state index is 3.74. The average molecular weight is 238 g/mol. The Bertz CT molecular complexity index is 243. The number of piperazine rings is 1. The quantitative estimate of drug-likeness (QED) is 0.813. The van der Waals surface area contributed by atoms with E-state index >= 15 is 0 Å². The van der Waals surface area contributed by atoms with Gasteiger partial charge in [-0.05, 0) is 32.6 Å². The molecule has 2 fully saturated rings. The summed E-state index contributed by atoms with van der Waals surface area (Å²) in [5.41, 5.74) is 0.298. The molecule has 2 atom stereocenters. The molecule has 1 aliphatic carbocycles. The van der Waals surface area contributed by atoms with Crippen LogP contribution in [0.3, 0.4) is 0 Å². The normalized spacial score (nSPS) is 32.8. The van der Waals surface area contributed by atoms with Gasteiger partial charge in [-0.1, -0.05) is 33.1 Å². The Morgan fingerprint density at radius 1 is 1.29 bits per heavy atom. The molecule has 0 aromatic rings. The second kappa shape index (κ2) is 5.27. The lowest BCUT2D eigenvalue weighted by atomic mass is 9.89. The monoisotopic (exact) mass is 238 g/mol. The highest BCUT2D eigenvalue weighted by Crippen LogP contribution is 2.31. The fourth-order valence-electron chi connectivity index (χ4n) is 3.56. The summed E-state index contributed by atoms with van der Waals surface area (Å²) in [5, 5.41) is 3.74. The molecule has 2 aliphatic rings. The zero-order valence-electron chi connectivity index (χ0n) is 12.1. The van der Waals surface area contributed by atoms with Gasteiger partial charge in [0.2, 0.25) is 0 Å². The van der Waals surface area contributed by atoms with Gasteiger partial charge in [0, 0.05) is 30.7 Å². The van der Waals surface area contributed by atoms with E-state index in [-0.39, 0.29) is 0 Å². The topological polar surface area (TPSA) is 15.3 Å². The molecule has 0 amide bonds. The van der Waals surface area contributed by atoms with E-state index in [4.69, 9.17) is 0 Å². The van der Waals surface area contributed by atoms with E-state index in [9.17, 15) is 0 Å². The Kier molecular flexibility index (Phi) is 4.14. The third-order valence-corrected chi connectivity index (χ3v) is 4.89. The van der Waals surface area contributed by atoms with Gasteiger partial charge in [0.15, 0.2) is 0 Å². The predicted molar refractivity (Wildman–Crippen MR) is 74.3 cm³/mol. The van der Waals surface area contributed by atoms with Gasteiger partial charge in [0.05, 0.1) is 0 Å². The second-order valence-electron chi connectivity index (χ2n) is 6.83. The number of hydrogen-bond acceptors (Lipinski definition) is 2. The van der Waals surface area contributed by atoms with Crippen molar-refractivity contribution in [3.8, 4) is 0 Å². The minimum absolute atomic E-state index is 0.298. The van der Waals surface area contributed by atoms with Gasteiger partial charge in [0.25, 0.3) is 0 Å². The summed E-state index contributed by atoms with van der Waals surface area (Å²) in [7, 11) is 0. The molecule has 1 heterocycles. The molecule has 2 rings (SSSR count). The molecular formula is C15H30N2. The van der Waals surface area contributed by atoms with Gasteiger partial charge in [-0.3, -0.25) is 4.90 Å².